The molecule has 10 heteroatoms. The normalized spacial score (nSPS) is 20.4. The standard InChI is InChI=1S/C17H23N5O4S/c1-12-3-5-13(6-4-12)20-27(25,26)15-7-8-16(17(9-15)22(23)24)19-14-10-18-21(2)11-14/h7-13,19-20H,3-6H2,1-2H3. The van der Waals surface area contributed by atoms with Crippen molar-refractivity contribution in [3.63, 3.8) is 0 Å². The number of benzene rings is 1. The molecule has 1 aromatic carbocycles. The molecular formula is C17H23N5O4S. The minimum absolute atomic E-state index is 0.107. The molecule has 0 radical (unpaired) electrons. The minimum atomic E-state index is -3.82. The number of aromatic nitrogens is 2. The summed E-state index contributed by atoms with van der Waals surface area (Å²) in [5.74, 6) is 0.602. The first kappa shape index (κ1) is 19.3. The zero-order valence-electron chi connectivity index (χ0n) is 15.3. The predicted molar refractivity (Wildman–Crippen MR) is 101 cm³/mol. The molecule has 3 rings (SSSR count). The fraction of sp³-hybridized carbons (Fsp3) is 0.471. The van der Waals surface area contributed by atoms with Crippen molar-refractivity contribution in [2.24, 2.45) is 13.0 Å². The van der Waals surface area contributed by atoms with Crippen molar-refractivity contribution in [2.75, 3.05) is 5.32 Å². The van der Waals surface area contributed by atoms with E-state index in [1.807, 2.05) is 0 Å². The highest BCUT2D eigenvalue weighted by Crippen LogP contribution is 2.31. The van der Waals surface area contributed by atoms with E-state index in [2.05, 4.69) is 22.1 Å². The number of sulfonamides is 1. The van der Waals surface area contributed by atoms with Gasteiger partial charge in [-0.2, -0.15) is 5.10 Å². The molecular weight excluding hydrogens is 370 g/mol. The van der Waals surface area contributed by atoms with Crippen LogP contribution < -0.4 is 10.0 Å². The van der Waals surface area contributed by atoms with Crippen molar-refractivity contribution in [3.05, 3.63) is 40.7 Å². The van der Waals surface area contributed by atoms with Crippen LogP contribution in [0.4, 0.5) is 17.1 Å². The third kappa shape index (κ3) is 4.64. The van der Waals surface area contributed by atoms with Gasteiger partial charge in [0.15, 0.2) is 0 Å². The Morgan fingerprint density at radius 3 is 2.56 bits per heavy atom. The van der Waals surface area contributed by atoms with Crippen LogP contribution >= 0.6 is 0 Å². The molecule has 1 heterocycles. The van der Waals surface area contributed by atoms with Crippen LogP contribution in [0.25, 0.3) is 0 Å². The first-order valence-electron chi connectivity index (χ1n) is 8.81. The second-order valence-corrected chi connectivity index (χ2v) is 8.76. The number of nitrogens with zero attached hydrogens (tertiary/aromatic N) is 3. The Labute approximate surface area is 158 Å². The van der Waals surface area contributed by atoms with E-state index in [9.17, 15) is 18.5 Å². The van der Waals surface area contributed by atoms with Gasteiger partial charge in [-0.25, -0.2) is 13.1 Å². The number of nitro benzene ring substituents is 1. The highest BCUT2D eigenvalue weighted by molar-refractivity contribution is 7.89. The highest BCUT2D eigenvalue weighted by atomic mass is 32.2. The van der Waals surface area contributed by atoms with E-state index >= 15 is 0 Å². The van der Waals surface area contributed by atoms with Crippen molar-refractivity contribution in [3.8, 4) is 0 Å². The summed E-state index contributed by atoms with van der Waals surface area (Å²) in [6, 6.07) is 3.74. The zero-order chi connectivity index (χ0) is 19.6. The Morgan fingerprint density at radius 1 is 1.26 bits per heavy atom. The van der Waals surface area contributed by atoms with Crippen molar-refractivity contribution < 1.29 is 13.3 Å². The molecule has 0 atom stereocenters. The van der Waals surface area contributed by atoms with Crippen molar-refractivity contribution >= 4 is 27.1 Å². The number of nitrogens with one attached hydrogen (secondary N) is 2. The van der Waals surface area contributed by atoms with E-state index in [0.29, 0.717) is 11.6 Å². The molecule has 0 aliphatic heterocycles. The Kier molecular flexibility index (Phi) is 5.47. The molecule has 1 fully saturated rings. The van der Waals surface area contributed by atoms with E-state index < -0.39 is 14.9 Å². The lowest BCUT2D eigenvalue weighted by molar-refractivity contribution is -0.384. The molecule has 2 N–H and O–H groups in total. The number of nitro groups is 1. The number of hydrogen-bond donors (Lipinski definition) is 2. The average Bonchev–Trinajstić information content (AvgIpc) is 3.01. The predicted octanol–water partition coefficient (Wildman–Crippen LogP) is 2.93. The zero-order valence-corrected chi connectivity index (χ0v) is 16.1. The van der Waals surface area contributed by atoms with Gasteiger partial charge in [-0.15, -0.1) is 0 Å². The van der Waals surface area contributed by atoms with Crippen LogP contribution in [0, 0.1) is 16.0 Å². The van der Waals surface area contributed by atoms with Gasteiger partial charge in [0.1, 0.15) is 5.69 Å². The number of hydrogen-bond acceptors (Lipinski definition) is 6. The molecule has 146 valence electrons. The summed E-state index contributed by atoms with van der Waals surface area (Å²) < 4.78 is 29.6. The minimum Gasteiger partial charge on any atom is -0.347 e. The summed E-state index contributed by atoms with van der Waals surface area (Å²) >= 11 is 0. The van der Waals surface area contributed by atoms with Crippen molar-refractivity contribution in [1.29, 1.82) is 0 Å². The maximum Gasteiger partial charge on any atom is 0.294 e. The molecule has 0 unspecified atom stereocenters. The van der Waals surface area contributed by atoms with Crippen LogP contribution in [0.2, 0.25) is 0 Å². The molecule has 0 saturated heterocycles. The fourth-order valence-corrected chi connectivity index (χ4v) is 4.57. The molecule has 9 nitrogen and oxygen atoms in total. The van der Waals surface area contributed by atoms with Gasteiger partial charge in [-0.3, -0.25) is 14.8 Å². The van der Waals surface area contributed by atoms with Crippen LogP contribution in [0.1, 0.15) is 32.6 Å². The van der Waals surface area contributed by atoms with E-state index in [0.717, 1.165) is 31.7 Å². The van der Waals surface area contributed by atoms with Crippen LogP contribution in [0.15, 0.2) is 35.5 Å². The van der Waals surface area contributed by atoms with Gasteiger partial charge in [0, 0.05) is 25.4 Å². The summed E-state index contributed by atoms with van der Waals surface area (Å²) in [6.45, 7) is 2.15. The van der Waals surface area contributed by atoms with Crippen molar-refractivity contribution in [1.82, 2.24) is 14.5 Å². The Hall–Kier alpha value is -2.46. The van der Waals surface area contributed by atoms with Crippen LogP contribution in [0.5, 0.6) is 0 Å². The van der Waals surface area contributed by atoms with Gasteiger partial charge < -0.3 is 5.32 Å². The van der Waals surface area contributed by atoms with E-state index in [1.165, 1.54) is 18.3 Å². The lowest BCUT2D eigenvalue weighted by Crippen LogP contribution is -2.37. The SMILES string of the molecule is CC1CCC(NS(=O)(=O)c2ccc(Nc3cnn(C)c3)c([N+](=O)[O-])c2)CC1. The number of rotatable bonds is 6. The van der Waals surface area contributed by atoms with Crippen molar-refractivity contribution in [2.45, 2.75) is 43.5 Å². The highest BCUT2D eigenvalue weighted by Gasteiger charge is 2.26. The molecule has 0 spiro atoms. The fourth-order valence-electron chi connectivity index (χ4n) is 3.24. The van der Waals surface area contributed by atoms with Crippen LogP contribution in [-0.2, 0) is 17.1 Å². The smallest absolute Gasteiger partial charge is 0.294 e. The Morgan fingerprint density at radius 2 is 1.96 bits per heavy atom. The second kappa shape index (κ2) is 7.65. The molecule has 1 aliphatic carbocycles. The van der Waals surface area contributed by atoms with Gasteiger partial charge in [-0.1, -0.05) is 6.92 Å². The first-order chi connectivity index (χ1) is 12.7. The number of anilines is 2. The molecule has 2 aromatic rings. The maximum atomic E-state index is 12.7. The molecule has 0 bridgehead atoms. The molecule has 27 heavy (non-hydrogen) atoms. The molecule has 0 amide bonds. The average molecular weight is 393 g/mol. The third-order valence-corrected chi connectivity index (χ3v) is 6.32. The Balaban J connectivity index is 1.83. The second-order valence-electron chi connectivity index (χ2n) is 7.04. The summed E-state index contributed by atoms with van der Waals surface area (Å²) in [5, 5.41) is 18.3. The molecule has 1 saturated carbocycles. The summed E-state index contributed by atoms with van der Waals surface area (Å²) in [5.41, 5.74) is 0.475. The lowest BCUT2D eigenvalue weighted by atomic mass is 9.88. The quantitative estimate of drug-likeness (QED) is 0.575. The lowest BCUT2D eigenvalue weighted by Gasteiger charge is -2.26. The van der Waals surface area contributed by atoms with Crippen LogP contribution in [-0.4, -0.2) is 29.2 Å². The van der Waals surface area contributed by atoms with Gasteiger partial charge in [0.2, 0.25) is 10.0 Å². The van der Waals surface area contributed by atoms with E-state index in [4.69, 9.17) is 0 Å². The largest absolute Gasteiger partial charge is 0.347 e. The maximum absolute atomic E-state index is 12.7. The van der Waals surface area contributed by atoms with Gasteiger partial charge in [0.05, 0.1) is 21.7 Å². The van der Waals surface area contributed by atoms with Gasteiger partial charge in [0.25, 0.3) is 5.69 Å². The van der Waals surface area contributed by atoms with Crippen LogP contribution in [0.3, 0.4) is 0 Å². The number of aryl methyl sites for hydroxylation is 1. The summed E-state index contributed by atoms with van der Waals surface area (Å²) in [6.07, 6.45) is 6.70. The monoisotopic (exact) mass is 393 g/mol. The van der Waals surface area contributed by atoms with E-state index in [-0.39, 0.29) is 22.3 Å². The summed E-state index contributed by atoms with van der Waals surface area (Å²) in [4.78, 5) is 10.7. The molecule has 1 aliphatic rings. The van der Waals surface area contributed by atoms with Gasteiger partial charge in [-0.05, 0) is 43.7 Å². The van der Waals surface area contributed by atoms with E-state index in [1.54, 1.807) is 17.9 Å². The third-order valence-electron chi connectivity index (χ3n) is 4.80. The first-order valence-corrected chi connectivity index (χ1v) is 10.3. The summed E-state index contributed by atoms with van der Waals surface area (Å²) in [7, 11) is -2.09. The Bertz CT molecular complexity index is 933. The molecule has 1 aromatic heterocycles. The topological polar surface area (TPSA) is 119 Å². The van der Waals surface area contributed by atoms with Gasteiger partial charge >= 0.3 is 0 Å².